The normalized spacial score (nSPS) is 21.8. The van der Waals surface area contributed by atoms with E-state index in [1.165, 1.54) is 0 Å². The number of hydrogen-bond acceptors (Lipinski definition) is 4. The van der Waals surface area contributed by atoms with Crippen molar-refractivity contribution in [2.45, 2.75) is 25.3 Å². The number of halogens is 1. The van der Waals surface area contributed by atoms with Crippen molar-refractivity contribution in [1.29, 1.82) is 0 Å². The van der Waals surface area contributed by atoms with Crippen molar-refractivity contribution in [2.24, 2.45) is 5.16 Å². The smallest absolute Gasteiger partial charge is 0.249 e. The van der Waals surface area contributed by atoms with Crippen LogP contribution in [0, 0.1) is 5.21 Å². The Hall–Kier alpha value is -1.69. The van der Waals surface area contributed by atoms with Gasteiger partial charge < -0.3 is 10.4 Å². The first-order valence-corrected chi connectivity index (χ1v) is 6.72. The van der Waals surface area contributed by atoms with Crippen LogP contribution in [-0.4, -0.2) is 33.7 Å². The molecule has 0 spiro atoms. The molecule has 1 atom stereocenters. The molecule has 2 rings (SSSR count). The SMILES string of the molecule is O=C(C=[N+]([O-])C1CCCC1=NO)c1ccc(Br)cc1. The largest absolute Gasteiger partial charge is 0.623 e. The molecule has 1 fully saturated rings. The first-order chi connectivity index (χ1) is 9.11. The van der Waals surface area contributed by atoms with Crippen LogP contribution in [0.1, 0.15) is 29.6 Å². The zero-order valence-electron chi connectivity index (χ0n) is 10.1. The third-order valence-corrected chi connectivity index (χ3v) is 3.63. The van der Waals surface area contributed by atoms with Crippen LogP contribution in [0.3, 0.4) is 0 Å². The maximum Gasteiger partial charge on any atom is 0.249 e. The lowest BCUT2D eigenvalue weighted by atomic mass is 10.1. The highest BCUT2D eigenvalue weighted by molar-refractivity contribution is 9.10. The van der Waals surface area contributed by atoms with Gasteiger partial charge in [-0.25, -0.2) is 0 Å². The van der Waals surface area contributed by atoms with Gasteiger partial charge in [-0.05, 0) is 37.1 Å². The summed E-state index contributed by atoms with van der Waals surface area (Å²) in [6.07, 6.45) is 3.01. The molecule has 1 aliphatic carbocycles. The number of oxime groups is 1. The van der Waals surface area contributed by atoms with Gasteiger partial charge in [0.25, 0.3) is 0 Å². The van der Waals surface area contributed by atoms with Crippen LogP contribution >= 0.6 is 15.9 Å². The second-order valence-electron chi connectivity index (χ2n) is 4.36. The van der Waals surface area contributed by atoms with E-state index >= 15 is 0 Å². The predicted octanol–water partition coefficient (Wildman–Crippen LogP) is 2.60. The molecule has 0 amide bonds. The van der Waals surface area contributed by atoms with Gasteiger partial charge in [0.15, 0.2) is 0 Å². The second-order valence-corrected chi connectivity index (χ2v) is 5.28. The van der Waals surface area contributed by atoms with Crippen LogP contribution in [0.25, 0.3) is 0 Å². The minimum Gasteiger partial charge on any atom is -0.623 e. The molecule has 1 unspecified atom stereocenters. The first-order valence-electron chi connectivity index (χ1n) is 5.93. The molecule has 100 valence electrons. The molecular formula is C13H13BrN2O3. The van der Waals surface area contributed by atoms with Gasteiger partial charge in [-0.3, -0.25) is 4.79 Å². The summed E-state index contributed by atoms with van der Waals surface area (Å²) in [7, 11) is 0. The maximum atomic E-state index is 11.9. The lowest BCUT2D eigenvalue weighted by Gasteiger charge is -2.10. The summed E-state index contributed by atoms with van der Waals surface area (Å²) in [5, 5.41) is 23.8. The van der Waals surface area contributed by atoms with E-state index in [2.05, 4.69) is 21.1 Å². The van der Waals surface area contributed by atoms with Crippen molar-refractivity contribution in [1.82, 2.24) is 0 Å². The topological polar surface area (TPSA) is 75.7 Å². The summed E-state index contributed by atoms with van der Waals surface area (Å²) < 4.78 is 1.46. The lowest BCUT2D eigenvalue weighted by Crippen LogP contribution is -2.28. The fraction of sp³-hybridized carbons (Fsp3) is 0.308. The van der Waals surface area contributed by atoms with Crippen molar-refractivity contribution >= 4 is 33.6 Å². The molecule has 6 heteroatoms. The molecule has 5 nitrogen and oxygen atoms in total. The number of hydroxylamine groups is 1. The molecule has 19 heavy (non-hydrogen) atoms. The van der Waals surface area contributed by atoms with E-state index in [-0.39, 0.29) is 5.78 Å². The van der Waals surface area contributed by atoms with E-state index in [1.807, 2.05) is 0 Å². The summed E-state index contributed by atoms with van der Waals surface area (Å²) >= 11 is 3.28. The summed E-state index contributed by atoms with van der Waals surface area (Å²) in [5.41, 5.74) is 0.888. The molecule has 0 aliphatic heterocycles. The maximum absolute atomic E-state index is 11.9. The number of carbonyl (C=O) groups excluding carboxylic acids is 1. The van der Waals surface area contributed by atoms with Crippen LogP contribution in [0.5, 0.6) is 0 Å². The molecule has 1 aliphatic rings. The van der Waals surface area contributed by atoms with Crippen LogP contribution in [0.15, 0.2) is 33.9 Å². The van der Waals surface area contributed by atoms with E-state index in [0.717, 1.165) is 17.1 Å². The Morgan fingerprint density at radius 3 is 2.79 bits per heavy atom. The fourth-order valence-corrected chi connectivity index (χ4v) is 2.36. The highest BCUT2D eigenvalue weighted by Gasteiger charge is 2.30. The Kier molecular flexibility index (Phi) is 4.31. The zero-order valence-corrected chi connectivity index (χ0v) is 11.7. The molecule has 0 aromatic heterocycles. The summed E-state index contributed by atoms with van der Waals surface area (Å²) in [6, 6.07) is 6.25. The van der Waals surface area contributed by atoms with Gasteiger partial charge in [0.2, 0.25) is 18.0 Å². The van der Waals surface area contributed by atoms with Gasteiger partial charge in [-0.2, -0.15) is 4.74 Å². The number of hydrogen-bond donors (Lipinski definition) is 1. The Morgan fingerprint density at radius 2 is 2.16 bits per heavy atom. The van der Waals surface area contributed by atoms with Gasteiger partial charge in [0, 0.05) is 16.5 Å². The van der Waals surface area contributed by atoms with E-state index in [4.69, 9.17) is 5.21 Å². The van der Waals surface area contributed by atoms with Gasteiger partial charge in [-0.1, -0.05) is 21.1 Å². The second kappa shape index (κ2) is 5.97. The number of ketones is 1. The number of rotatable bonds is 3. The van der Waals surface area contributed by atoms with E-state index in [0.29, 0.717) is 28.9 Å². The number of benzene rings is 1. The van der Waals surface area contributed by atoms with E-state index in [9.17, 15) is 10.0 Å². The third kappa shape index (κ3) is 3.20. The Bertz CT molecular complexity index is 537. The minimum atomic E-state index is -0.524. The molecule has 1 aromatic rings. The van der Waals surface area contributed by atoms with Crippen LogP contribution < -0.4 is 0 Å². The van der Waals surface area contributed by atoms with Gasteiger partial charge >= 0.3 is 0 Å². The third-order valence-electron chi connectivity index (χ3n) is 3.10. The summed E-state index contributed by atoms with van der Waals surface area (Å²) in [5.74, 6) is -0.355. The van der Waals surface area contributed by atoms with Crippen LogP contribution in [0.4, 0.5) is 0 Å². The molecular weight excluding hydrogens is 312 g/mol. The molecule has 0 radical (unpaired) electrons. The molecule has 0 saturated heterocycles. The van der Waals surface area contributed by atoms with Gasteiger partial charge in [0.05, 0.1) is 0 Å². The molecule has 0 heterocycles. The van der Waals surface area contributed by atoms with Crippen LogP contribution in [-0.2, 0) is 0 Å². The Labute approximate surface area is 119 Å². The van der Waals surface area contributed by atoms with Crippen LogP contribution in [0.2, 0.25) is 0 Å². The summed E-state index contributed by atoms with van der Waals surface area (Å²) in [6.45, 7) is 0. The van der Waals surface area contributed by atoms with Gasteiger partial charge in [0.1, 0.15) is 5.71 Å². The molecule has 1 saturated carbocycles. The van der Waals surface area contributed by atoms with Crippen molar-refractivity contribution in [3.8, 4) is 0 Å². The highest BCUT2D eigenvalue weighted by Crippen LogP contribution is 2.18. The number of nitrogens with zero attached hydrogens (tertiary/aromatic N) is 2. The lowest BCUT2D eigenvalue weighted by molar-refractivity contribution is -0.474. The zero-order chi connectivity index (χ0) is 13.8. The van der Waals surface area contributed by atoms with Crippen molar-refractivity contribution in [3.63, 3.8) is 0 Å². The van der Waals surface area contributed by atoms with E-state index < -0.39 is 6.04 Å². The molecule has 0 bridgehead atoms. The standard InChI is InChI=1S/C13H13BrN2O3/c14-10-6-4-9(5-7-10)13(17)8-16(19)12-3-1-2-11(12)15-18/h4-8,12,18H,1-3H2. The summed E-state index contributed by atoms with van der Waals surface area (Å²) in [4.78, 5) is 11.9. The number of carbonyl (C=O) groups is 1. The van der Waals surface area contributed by atoms with E-state index in [1.54, 1.807) is 24.3 Å². The van der Waals surface area contributed by atoms with Crippen molar-refractivity contribution < 1.29 is 14.7 Å². The quantitative estimate of drug-likeness (QED) is 0.232. The first kappa shape index (κ1) is 13.7. The van der Waals surface area contributed by atoms with Crippen molar-refractivity contribution in [3.05, 3.63) is 39.5 Å². The Balaban J connectivity index is 2.16. The monoisotopic (exact) mass is 324 g/mol. The minimum absolute atomic E-state index is 0.355. The molecule has 1 aromatic carbocycles. The predicted molar refractivity (Wildman–Crippen MR) is 75.0 cm³/mol. The average Bonchev–Trinajstić information content (AvgIpc) is 2.87. The highest BCUT2D eigenvalue weighted by atomic mass is 79.9. The van der Waals surface area contributed by atoms with Crippen molar-refractivity contribution in [2.75, 3.05) is 0 Å². The average molecular weight is 325 g/mol. The Morgan fingerprint density at radius 1 is 1.47 bits per heavy atom. The number of Topliss-reactive ketones (excluding diaryl/α,β-unsaturated/α-hetero) is 1. The molecule has 1 N–H and O–H groups in total. The fourth-order valence-electron chi connectivity index (χ4n) is 2.09. The van der Waals surface area contributed by atoms with Gasteiger partial charge in [-0.15, -0.1) is 0 Å².